The minimum absolute atomic E-state index is 0.0775. The zero-order valence-corrected chi connectivity index (χ0v) is 10.3. The third kappa shape index (κ3) is 2.98. The molecule has 1 unspecified atom stereocenters. The Balaban J connectivity index is 1.86. The molecular weight excluding hydrogens is 235 g/mol. The highest BCUT2D eigenvalue weighted by molar-refractivity contribution is 5.77. The maximum atomic E-state index is 13.2. The highest BCUT2D eigenvalue weighted by atomic mass is 19.1. The van der Waals surface area contributed by atoms with Crippen molar-refractivity contribution in [1.82, 2.24) is 5.32 Å². The molecule has 0 radical (unpaired) electrons. The van der Waals surface area contributed by atoms with Gasteiger partial charge in [0.05, 0.1) is 0 Å². The number of fused-ring (bicyclic) bond motifs is 1. The maximum Gasteiger partial charge on any atom is 0.245 e. The lowest BCUT2D eigenvalue weighted by Gasteiger charge is -2.11. The molecule has 0 fully saturated rings. The highest BCUT2D eigenvalue weighted by Gasteiger charge is 2.22. The summed E-state index contributed by atoms with van der Waals surface area (Å²) in [5, 5.41) is 6.01. The van der Waals surface area contributed by atoms with Crippen LogP contribution in [0.3, 0.4) is 0 Å². The van der Waals surface area contributed by atoms with Crippen LogP contribution in [0.5, 0.6) is 0 Å². The predicted octanol–water partition coefficient (Wildman–Crippen LogP) is 1.49. The molecule has 1 heterocycles. The third-order valence-corrected chi connectivity index (χ3v) is 3.08. The normalized spacial score (nSPS) is 17.1. The van der Waals surface area contributed by atoms with Gasteiger partial charge in [-0.3, -0.25) is 4.79 Å². The van der Waals surface area contributed by atoms with Crippen LogP contribution in [0.2, 0.25) is 0 Å². The van der Waals surface area contributed by atoms with Gasteiger partial charge < -0.3 is 15.4 Å². The van der Waals surface area contributed by atoms with E-state index in [4.69, 9.17) is 4.74 Å². The Labute approximate surface area is 106 Å². The van der Waals surface area contributed by atoms with E-state index in [1.54, 1.807) is 12.1 Å². The molecule has 1 atom stereocenters. The Hall–Kier alpha value is -1.62. The van der Waals surface area contributed by atoms with Gasteiger partial charge in [-0.25, -0.2) is 4.39 Å². The first-order valence-corrected chi connectivity index (χ1v) is 5.99. The molecule has 0 saturated heterocycles. The summed E-state index contributed by atoms with van der Waals surface area (Å²) in [5.74, 6) is -0.0904. The van der Waals surface area contributed by atoms with Crippen molar-refractivity contribution in [3.05, 3.63) is 29.6 Å². The molecule has 0 spiro atoms. The molecule has 0 saturated carbocycles. The monoisotopic (exact) mass is 252 g/mol. The summed E-state index contributed by atoms with van der Waals surface area (Å²) in [7, 11) is 1.49. The summed E-state index contributed by atoms with van der Waals surface area (Å²) in [5.41, 5.74) is 1.99. The van der Waals surface area contributed by atoms with Gasteiger partial charge in [-0.2, -0.15) is 0 Å². The van der Waals surface area contributed by atoms with Crippen LogP contribution in [0.4, 0.5) is 10.1 Å². The summed E-state index contributed by atoms with van der Waals surface area (Å²) in [4.78, 5) is 11.2. The Kier molecular flexibility index (Phi) is 4.15. The zero-order valence-electron chi connectivity index (χ0n) is 10.3. The van der Waals surface area contributed by atoms with Gasteiger partial charge in [0.15, 0.2) is 0 Å². The quantitative estimate of drug-likeness (QED) is 0.834. The van der Waals surface area contributed by atoms with Gasteiger partial charge in [-0.15, -0.1) is 0 Å². The molecule has 2 N–H and O–H groups in total. The molecule has 0 aliphatic carbocycles. The Morgan fingerprint density at radius 1 is 1.61 bits per heavy atom. The summed E-state index contributed by atoms with van der Waals surface area (Å²) in [6, 6.07) is 4.78. The van der Waals surface area contributed by atoms with Gasteiger partial charge in [0.25, 0.3) is 0 Å². The molecular formula is C13H17FN2O2. The number of rotatable bonds is 5. The van der Waals surface area contributed by atoms with Crippen molar-refractivity contribution in [1.29, 1.82) is 0 Å². The van der Waals surface area contributed by atoms with Crippen LogP contribution in [-0.4, -0.2) is 32.7 Å². The second kappa shape index (κ2) is 5.82. The van der Waals surface area contributed by atoms with E-state index in [2.05, 4.69) is 10.6 Å². The lowest BCUT2D eigenvalue weighted by atomic mass is 9.98. The fourth-order valence-electron chi connectivity index (χ4n) is 2.20. The van der Waals surface area contributed by atoms with E-state index in [1.807, 2.05) is 0 Å². The van der Waals surface area contributed by atoms with E-state index in [0.717, 1.165) is 24.2 Å². The molecule has 1 aromatic rings. The number of methoxy groups -OCH3 is 1. The van der Waals surface area contributed by atoms with Crippen molar-refractivity contribution >= 4 is 11.6 Å². The fraction of sp³-hybridized carbons (Fsp3) is 0.462. The van der Waals surface area contributed by atoms with E-state index in [0.29, 0.717) is 6.54 Å². The van der Waals surface area contributed by atoms with Crippen molar-refractivity contribution in [3.63, 3.8) is 0 Å². The van der Waals surface area contributed by atoms with Crippen LogP contribution >= 0.6 is 0 Å². The standard InChI is InChI=1S/C13H17FN2O2/c1-18-8-13(17)15-5-4-9-7-16-12-3-2-10(14)6-11(9)12/h2-3,6,9,16H,4-5,7-8H2,1H3,(H,15,17). The number of carbonyl (C=O) groups excluding carboxylic acids is 1. The molecule has 0 aromatic heterocycles. The second-order valence-corrected chi connectivity index (χ2v) is 4.38. The van der Waals surface area contributed by atoms with Crippen LogP contribution in [0, 0.1) is 5.82 Å². The van der Waals surface area contributed by atoms with Gasteiger partial charge in [0.1, 0.15) is 12.4 Å². The van der Waals surface area contributed by atoms with E-state index >= 15 is 0 Å². The first kappa shape index (κ1) is 12.8. The second-order valence-electron chi connectivity index (χ2n) is 4.38. The molecule has 0 bridgehead atoms. The van der Waals surface area contributed by atoms with Crippen molar-refractivity contribution in [2.45, 2.75) is 12.3 Å². The number of ether oxygens (including phenoxy) is 1. The first-order valence-electron chi connectivity index (χ1n) is 5.99. The molecule has 18 heavy (non-hydrogen) atoms. The Morgan fingerprint density at radius 3 is 3.22 bits per heavy atom. The third-order valence-electron chi connectivity index (χ3n) is 3.08. The number of halogens is 1. The smallest absolute Gasteiger partial charge is 0.245 e. The van der Waals surface area contributed by atoms with Crippen LogP contribution in [0.15, 0.2) is 18.2 Å². The van der Waals surface area contributed by atoms with Crippen molar-refractivity contribution in [2.75, 3.05) is 32.1 Å². The lowest BCUT2D eigenvalue weighted by molar-refractivity contribution is -0.124. The molecule has 1 aliphatic rings. The number of anilines is 1. The Morgan fingerprint density at radius 2 is 2.44 bits per heavy atom. The number of nitrogens with one attached hydrogen (secondary N) is 2. The van der Waals surface area contributed by atoms with Crippen LogP contribution in [-0.2, 0) is 9.53 Å². The minimum Gasteiger partial charge on any atom is -0.384 e. The molecule has 1 aliphatic heterocycles. The summed E-state index contributed by atoms with van der Waals surface area (Å²) in [6.07, 6.45) is 0.791. The number of hydrogen-bond acceptors (Lipinski definition) is 3. The average molecular weight is 252 g/mol. The molecule has 4 nitrogen and oxygen atoms in total. The maximum absolute atomic E-state index is 13.2. The summed E-state index contributed by atoms with van der Waals surface area (Å²) >= 11 is 0. The first-order chi connectivity index (χ1) is 8.70. The van der Waals surface area contributed by atoms with Crippen LogP contribution in [0.25, 0.3) is 0 Å². The van der Waals surface area contributed by atoms with Crippen molar-refractivity contribution < 1.29 is 13.9 Å². The molecule has 1 aromatic carbocycles. The van der Waals surface area contributed by atoms with Crippen LogP contribution < -0.4 is 10.6 Å². The van der Waals surface area contributed by atoms with E-state index in [1.165, 1.54) is 13.2 Å². The lowest BCUT2D eigenvalue weighted by Crippen LogP contribution is -2.29. The minimum atomic E-state index is -0.217. The van der Waals surface area contributed by atoms with Gasteiger partial charge >= 0.3 is 0 Å². The van der Waals surface area contributed by atoms with E-state index in [-0.39, 0.29) is 24.2 Å². The van der Waals surface area contributed by atoms with Gasteiger partial charge in [-0.05, 0) is 30.2 Å². The largest absolute Gasteiger partial charge is 0.384 e. The van der Waals surface area contributed by atoms with Crippen LogP contribution in [0.1, 0.15) is 17.9 Å². The number of carbonyl (C=O) groups is 1. The van der Waals surface area contributed by atoms with Crippen molar-refractivity contribution in [3.8, 4) is 0 Å². The number of hydrogen-bond donors (Lipinski definition) is 2. The summed E-state index contributed by atoms with van der Waals surface area (Å²) < 4.78 is 17.9. The van der Waals surface area contributed by atoms with Crippen molar-refractivity contribution in [2.24, 2.45) is 0 Å². The fourth-order valence-corrected chi connectivity index (χ4v) is 2.20. The molecule has 1 amide bonds. The topological polar surface area (TPSA) is 50.4 Å². The SMILES string of the molecule is COCC(=O)NCCC1CNc2ccc(F)cc21. The predicted molar refractivity (Wildman–Crippen MR) is 67.1 cm³/mol. The molecule has 98 valence electrons. The van der Waals surface area contributed by atoms with Gasteiger partial charge in [0.2, 0.25) is 5.91 Å². The molecule has 2 rings (SSSR count). The summed E-state index contributed by atoms with van der Waals surface area (Å²) in [6.45, 7) is 1.44. The van der Waals surface area contributed by atoms with E-state index in [9.17, 15) is 9.18 Å². The van der Waals surface area contributed by atoms with Gasteiger partial charge in [0, 0.05) is 31.8 Å². The zero-order chi connectivity index (χ0) is 13.0. The number of benzene rings is 1. The average Bonchev–Trinajstić information content (AvgIpc) is 2.72. The van der Waals surface area contributed by atoms with E-state index < -0.39 is 0 Å². The Bertz CT molecular complexity index is 437. The van der Waals surface area contributed by atoms with Gasteiger partial charge in [-0.1, -0.05) is 0 Å². The molecule has 5 heteroatoms. The highest BCUT2D eigenvalue weighted by Crippen LogP contribution is 2.33. The number of amides is 1.